The van der Waals surface area contributed by atoms with Gasteiger partial charge in [0.15, 0.2) is 20.8 Å². The summed E-state index contributed by atoms with van der Waals surface area (Å²) in [4.78, 5) is 22.1. The Morgan fingerprint density at radius 2 is 1.75 bits per heavy atom. The van der Waals surface area contributed by atoms with E-state index in [2.05, 4.69) is 9.97 Å². The molecule has 0 aliphatic carbocycles. The van der Waals surface area contributed by atoms with Crippen LogP contribution in [0, 0.1) is 17.5 Å². The Labute approximate surface area is 184 Å². The first kappa shape index (κ1) is 21.9. The molecule has 0 N–H and O–H groups in total. The molecule has 2 aromatic carbocycles. The van der Waals surface area contributed by atoms with E-state index in [0.29, 0.717) is 11.8 Å². The molecule has 0 unspecified atom stereocenters. The van der Waals surface area contributed by atoms with Crippen molar-refractivity contribution >= 4 is 42.4 Å². The number of aromatic nitrogens is 2. The Kier molecular flexibility index (Phi) is 5.94. The van der Waals surface area contributed by atoms with E-state index in [1.807, 2.05) is 0 Å². The first-order valence-corrected chi connectivity index (χ1v) is 11.6. The molecule has 0 fully saturated rings. The highest BCUT2D eigenvalue weighted by Crippen LogP contribution is 2.32. The highest BCUT2D eigenvalue weighted by molar-refractivity contribution is 7.92. The van der Waals surface area contributed by atoms with Crippen molar-refractivity contribution in [1.29, 1.82) is 0 Å². The zero-order valence-electron chi connectivity index (χ0n) is 16.2. The van der Waals surface area contributed by atoms with Crippen LogP contribution in [0.1, 0.15) is 5.69 Å². The quantitative estimate of drug-likeness (QED) is 0.391. The second-order valence-corrected chi connectivity index (χ2v) is 9.74. The van der Waals surface area contributed by atoms with Crippen LogP contribution in [0.25, 0.3) is 10.2 Å². The predicted molar refractivity (Wildman–Crippen MR) is 113 cm³/mol. The Morgan fingerprint density at radius 1 is 1.00 bits per heavy atom. The molecule has 0 saturated carbocycles. The number of benzene rings is 2. The molecule has 1 amide bonds. The minimum Gasteiger partial charge on any atom is -0.281 e. The third-order valence-electron chi connectivity index (χ3n) is 4.47. The zero-order chi connectivity index (χ0) is 22.9. The van der Waals surface area contributed by atoms with Crippen molar-refractivity contribution in [3.05, 3.63) is 83.9 Å². The molecule has 164 valence electrons. The Bertz CT molecular complexity index is 1390. The van der Waals surface area contributed by atoms with E-state index in [-0.39, 0.29) is 26.8 Å². The summed E-state index contributed by atoms with van der Waals surface area (Å²) in [6, 6.07) is 10.8. The summed E-state index contributed by atoms with van der Waals surface area (Å²) in [6.45, 7) is -0.136. The third-order valence-corrected chi connectivity index (χ3v) is 7.11. The number of carbonyl (C=O) groups is 1. The van der Waals surface area contributed by atoms with E-state index in [1.165, 1.54) is 6.20 Å². The van der Waals surface area contributed by atoms with E-state index in [9.17, 15) is 26.4 Å². The molecule has 0 saturated heterocycles. The number of thiazole rings is 1. The molecule has 0 radical (unpaired) electrons. The van der Waals surface area contributed by atoms with Crippen LogP contribution >= 0.6 is 11.3 Å². The zero-order valence-corrected chi connectivity index (χ0v) is 17.8. The average Bonchev–Trinajstić information content (AvgIpc) is 3.16. The minimum absolute atomic E-state index is 0.00513. The van der Waals surface area contributed by atoms with Crippen molar-refractivity contribution in [2.75, 3.05) is 10.7 Å². The molecule has 4 rings (SSSR count). The number of fused-ring (bicyclic) bond motifs is 1. The molecule has 4 aromatic rings. The second kappa shape index (κ2) is 8.67. The van der Waals surface area contributed by atoms with Crippen molar-refractivity contribution in [1.82, 2.24) is 9.97 Å². The van der Waals surface area contributed by atoms with Crippen LogP contribution in [0.4, 0.5) is 18.3 Å². The number of hydrogen-bond acceptors (Lipinski definition) is 6. The number of sulfone groups is 1. The fraction of sp³-hybridized carbons (Fsp3) is 0.0952. The van der Waals surface area contributed by atoms with Gasteiger partial charge in [-0.3, -0.25) is 14.7 Å². The van der Waals surface area contributed by atoms with Crippen LogP contribution < -0.4 is 4.90 Å². The topological polar surface area (TPSA) is 80.2 Å². The van der Waals surface area contributed by atoms with Gasteiger partial charge >= 0.3 is 0 Å². The number of anilines is 1. The summed E-state index contributed by atoms with van der Waals surface area (Å²) in [7, 11) is -4.10. The van der Waals surface area contributed by atoms with Gasteiger partial charge in [0.2, 0.25) is 5.91 Å². The standard InChI is InChI=1S/C21H14F3N3O3S2/c22-13-4-6-16(7-5-13)32(29,30)12-19(28)27(11-15-3-1-2-8-25-15)21-26-20-17(24)9-14(23)10-18(20)31-21/h1-10H,11-12H2. The number of hydrogen-bond donors (Lipinski definition) is 0. The van der Waals surface area contributed by atoms with Crippen molar-refractivity contribution in [2.24, 2.45) is 0 Å². The molecule has 6 nitrogen and oxygen atoms in total. The molecule has 2 aromatic heterocycles. The van der Waals surface area contributed by atoms with E-state index in [4.69, 9.17) is 0 Å². The van der Waals surface area contributed by atoms with Gasteiger partial charge in [0, 0.05) is 12.3 Å². The molecule has 0 atom stereocenters. The smallest absolute Gasteiger partial charge is 0.244 e. The number of amides is 1. The Morgan fingerprint density at radius 3 is 2.44 bits per heavy atom. The maximum Gasteiger partial charge on any atom is 0.244 e. The fourth-order valence-electron chi connectivity index (χ4n) is 2.94. The van der Waals surface area contributed by atoms with E-state index < -0.39 is 38.9 Å². The SMILES string of the molecule is O=C(CS(=O)(=O)c1ccc(F)cc1)N(Cc1ccccn1)c1nc2c(F)cc(F)cc2s1. The molecule has 32 heavy (non-hydrogen) atoms. The van der Waals surface area contributed by atoms with Gasteiger partial charge in [0.25, 0.3) is 0 Å². The van der Waals surface area contributed by atoms with E-state index in [1.54, 1.807) is 18.2 Å². The van der Waals surface area contributed by atoms with Crippen molar-refractivity contribution in [2.45, 2.75) is 11.4 Å². The maximum absolute atomic E-state index is 14.1. The third kappa shape index (κ3) is 4.63. The largest absolute Gasteiger partial charge is 0.281 e. The molecule has 2 heterocycles. The number of halogens is 3. The normalized spacial score (nSPS) is 11.6. The number of pyridine rings is 1. The lowest BCUT2D eigenvalue weighted by Gasteiger charge is -2.19. The summed E-state index contributed by atoms with van der Waals surface area (Å²) in [5, 5.41) is -0.00513. The van der Waals surface area contributed by atoms with Gasteiger partial charge in [-0.1, -0.05) is 17.4 Å². The Hall–Kier alpha value is -3.31. The van der Waals surface area contributed by atoms with Gasteiger partial charge in [0.1, 0.15) is 22.9 Å². The van der Waals surface area contributed by atoms with Crippen molar-refractivity contribution in [3.63, 3.8) is 0 Å². The van der Waals surface area contributed by atoms with Gasteiger partial charge in [-0.05, 0) is 42.5 Å². The summed E-state index contributed by atoms with van der Waals surface area (Å²) in [6.07, 6.45) is 1.50. The van der Waals surface area contributed by atoms with Crippen molar-refractivity contribution < 1.29 is 26.4 Å². The lowest BCUT2D eigenvalue weighted by atomic mass is 10.3. The highest BCUT2D eigenvalue weighted by Gasteiger charge is 2.27. The summed E-state index contributed by atoms with van der Waals surface area (Å²) >= 11 is 0.847. The van der Waals surface area contributed by atoms with Crippen LogP contribution in [0.5, 0.6) is 0 Å². The van der Waals surface area contributed by atoms with E-state index >= 15 is 0 Å². The van der Waals surface area contributed by atoms with Crippen LogP contribution in [-0.4, -0.2) is 30.0 Å². The molecular formula is C21H14F3N3O3S2. The van der Waals surface area contributed by atoms with Gasteiger partial charge in [-0.2, -0.15) is 0 Å². The monoisotopic (exact) mass is 477 g/mol. The van der Waals surface area contributed by atoms with Crippen LogP contribution in [0.2, 0.25) is 0 Å². The number of rotatable bonds is 6. The summed E-state index contributed by atoms with van der Waals surface area (Å²) < 4.78 is 66.4. The fourth-order valence-corrected chi connectivity index (χ4v) is 5.16. The van der Waals surface area contributed by atoms with Crippen LogP contribution in [0.15, 0.2) is 65.7 Å². The lowest BCUT2D eigenvalue weighted by molar-refractivity contribution is -0.116. The first-order chi connectivity index (χ1) is 15.2. The van der Waals surface area contributed by atoms with Gasteiger partial charge in [0.05, 0.1) is 21.8 Å². The van der Waals surface area contributed by atoms with Crippen LogP contribution in [0.3, 0.4) is 0 Å². The molecule has 11 heteroatoms. The van der Waals surface area contributed by atoms with Gasteiger partial charge < -0.3 is 0 Å². The molecule has 0 bridgehead atoms. The van der Waals surface area contributed by atoms with Crippen LogP contribution in [-0.2, 0) is 21.2 Å². The second-order valence-electron chi connectivity index (χ2n) is 6.74. The maximum atomic E-state index is 14.1. The van der Waals surface area contributed by atoms with Gasteiger partial charge in [-0.15, -0.1) is 0 Å². The van der Waals surface area contributed by atoms with Gasteiger partial charge in [-0.25, -0.2) is 26.6 Å². The minimum atomic E-state index is -4.10. The molecular weight excluding hydrogens is 463 g/mol. The number of nitrogens with zero attached hydrogens (tertiary/aromatic N) is 3. The first-order valence-electron chi connectivity index (χ1n) is 9.17. The number of carbonyl (C=O) groups excluding carboxylic acids is 1. The highest BCUT2D eigenvalue weighted by atomic mass is 32.2. The predicted octanol–water partition coefficient (Wildman–Crippen LogP) is 4.12. The van der Waals surface area contributed by atoms with E-state index in [0.717, 1.165) is 46.6 Å². The summed E-state index contributed by atoms with van der Waals surface area (Å²) in [5.41, 5.74) is 0.303. The molecule has 0 spiro atoms. The average molecular weight is 477 g/mol. The lowest BCUT2D eigenvalue weighted by Crippen LogP contribution is -2.35. The Balaban J connectivity index is 1.71. The molecule has 0 aliphatic rings. The summed E-state index contributed by atoms with van der Waals surface area (Å²) in [5.74, 6) is -4.09. The van der Waals surface area contributed by atoms with Crippen molar-refractivity contribution in [3.8, 4) is 0 Å². The molecule has 0 aliphatic heterocycles.